The lowest BCUT2D eigenvalue weighted by molar-refractivity contribution is 0.101. The smallest absolute Gasteiger partial charge is 0.119 e. The number of benzene rings is 2. The van der Waals surface area contributed by atoms with Crippen LogP contribution in [0.1, 0.15) is 29.2 Å². The van der Waals surface area contributed by atoms with E-state index in [1.54, 1.807) is 7.11 Å². The number of hydrogen-bond donors (Lipinski definition) is 1. The molecule has 2 rings (SSSR count). The summed E-state index contributed by atoms with van der Waals surface area (Å²) in [6, 6.07) is 13.7. The molecular formula is C17H20O2. The van der Waals surface area contributed by atoms with Gasteiger partial charge in [-0.05, 0) is 49.6 Å². The van der Waals surface area contributed by atoms with Crippen molar-refractivity contribution in [2.75, 3.05) is 7.11 Å². The van der Waals surface area contributed by atoms with Crippen molar-refractivity contribution in [1.82, 2.24) is 0 Å². The second-order valence-corrected chi connectivity index (χ2v) is 5.12. The van der Waals surface area contributed by atoms with Crippen LogP contribution in [0.25, 0.3) is 0 Å². The maximum atomic E-state index is 10.9. The molecule has 0 aromatic heterocycles. The summed E-state index contributed by atoms with van der Waals surface area (Å²) in [5, 5.41) is 10.9. The van der Waals surface area contributed by atoms with E-state index in [9.17, 15) is 5.11 Å². The molecule has 100 valence electrons. The lowest BCUT2D eigenvalue weighted by Crippen LogP contribution is -2.23. The van der Waals surface area contributed by atoms with Gasteiger partial charge in [-0.2, -0.15) is 0 Å². The van der Waals surface area contributed by atoms with Crippen LogP contribution in [0.5, 0.6) is 5.75 Å². The van der Waals surface area contributed by atoms with Gasteiger partial charge < -0.3 is 9.84 Å². The highest BCUT2D eigenvalue weighted by Gasteiger charge is 2.27. The average molecular weight is 256 g/mol. The van der Waals surface area contributed by atoms with E-state index >= 15 is 0 Å². The molecule has 0 amide bonds. The van der Waals surface area contributed by atoms with E-state index in [4.69, 9.17) is 4.74 Å². The molecule has 2 aromatic rings. The van der Waals surface area contributed by atoms with Crippen LogP contribution in [0.2, 0.25) is 0 Å². The van der Waals surface area contributed by atoms with Crippen molar-refractivity contribution in [3.8, 4) is 5.75 Å². The topological polar surface area (TPSA) is 29.5 Å². The van der Waals surface area contributed by atoms with Crippen LogP contribution in [0.4, 0.5) is 0 Å². The standard InChI is InChI=1S/C17H20O2/c1-12-5-7-14(8-6-12)17(3,18)16-10-9-15(19-4)11-13(16)2/h5-11,18H,1-4H3. The molecule has 1 atom stereocenters. The van der Waals surface area contributed by atoms with E-state index in [-0.39, 0.29) is 0 Å². The molecule has 0 fully saturated rings. The lowest BCUT2D eigenvalue weighted by atomic mass is 9.85. The predicted octanol–water partition coefficient (Wildman–Crippen LogP) is 3.57. The fraction of sp³-hybridized carbons (Fsp3) is 0.294. The molecule has 0 spiro atoms. The van der Waals surface area contributed by atoms with Gasteiger partial charge in [0.1, 0.15) is 11.4 Å². The molecule has 1 unspecified atom stereocenters. The first-order valence-electron chi connectivity index (χ1n) is 6.40. The van der Waals surface area contributed by atoms with Gasteiger partial charge in [0.2, 0.25) is 0 Å². The van der Waals surface area contributed by atoms with Crippen molar-refractivity contribution in [2.24, 2.45) is 0 Å². The number of aliphatic hydroxyl groups is 1. The predicted molar refractivity (Wildman–Crippen MR) is 77.6 cm³/mol. The zero-order valence-electron chi connectivity index (χ0n) is 11.9. The summed E-state index contributed by atoms with van der Waals surface area (Å²) in [7, 11) is 1.65. The normalized spacial score (nSPS) is 13.9. The van der Waals surface area contributed by atoms with Crippen molar-refractivity contribution in [2.45, 2.75) is 26.4 Å². The van der Waals surface area contributed by atoms with Crippen LogP contribution < -0.4 is 4.74 Å². The molecule has 0 aliphatic rings. The Bertz CT molecular complexity index is 568. The van der Waals surface area contributed by atoms with Crippen molar-refractivity contribution < 1.29 is 9.84 Å². The second-order valence-electron chi connectivity index (χ2n) is 5.12. The number of methoxy groups -OCH3 is 1. The number of aryl methyl sites for hydroxylation is 2. The molecule has 0 radical (unpaired) electrons. The van der Waals surface area contributed by atoms with Gasteiger partial charge in [-0.1, -0.05) is 35.9 Å². The van der Waals surface area contributed by atoms with Gasteiger partial charge in [0, 0.05) is 0 Å². The summed E-state index contributed by atoms with van der Waals surface area (Å²) < 4.78 is 5.20. The van der Waals surface area contributed by atoms with Crippen LogP contribution >= 0.6 is 0 Å². The Morgan fingerprint density at radius 3 is 2.16 bits per heavy atom. The maximum Gasteiger partial charge on any atom is 0.119 e. The molecule has 2 aromatic carbocycles. The first-order chi connectivity index (χ1) is 8.95. The molecule has 0 bridgehead atoms. The van der Waals surface area contributed by atoms with Crippen molar-refractivity contribution in [1.29, 1.82) is 0 Å². The van der Waals surface area contributed by atoms with Crippen molar-refractivity contribution in [3.05, 3.63) is 64.7 Å². The Labute approximate surface area is 114 Å². The summed E-state index contributed by atoms with van der Waals surface area (Å²) in [5.74, 6) is 0.806. The maximum absolute atomic E-state index is 10.9. The number of ether oxygens (including phenoxy) is 1. The lowest BCUT2D eigenvalue weighted by Gasteiger charge is -2.26. The van der Waals surface area contributed by atoms with E-state index in [1.807, 2.05) is 63.2 Å². The van der Waals surface area contributed by atoms with Gasteiger partial charge in [-0.15, -0.1) is 0 Å². The third-order valence-corrected chi connectivity index (χ3v) is 3.57. The van der Waals surface area contributed by atoms with E-state index in [2.05, 4.69) is 0 Å². The highest BCUT2D eigenvalue weighted by atomic mass is 16.5. The van der Waals surface area contributed by atoms with E-state index < -0.39 is 5.60 Å². The van der Waals surface area contributed by atoms with Crippen LogP contribution in [-0.4, -0.2) is 12.2 Å². The Kier molecular flexibility index (Phi) is 3.63. The first-order valence-corrected chi connectivity index (χ1v) is 6.40. The highest BCUT2D eigenvalue weighted by molar-refractivity contribution is 5.43. The third kappa shape index (κ3) is 2.64. The van der Waals surface area contributed by atoms with E-state index in [1.165, 1.54) is 5.56 Å². The second kappa shape index (κ2) is 5.06. The minimum atomic E-state index is -0.996. The Morgan fingerprint density at radius 1 is 1.00 bits per heavy atom. The van der Waals surface area contributed by atoms with Gasteiger partial charge >= 0.3 is 0 Å². The summed E-state index contributed by atoms with van der Waals surface area (Å²) in [6.07, 6.45) is 0. The molecule has 0 saturated carbocycles. The average Bonchev–Trinajstić information content (AvgIpc) is 2.38. The van der Waals surface area contributed by atoms with Gasteiger partial charge in [-0.25, -0.2) is 0 Å². The summed E-state index contributed by atoms with van der Waals surface area (Å²) in [4.78, 5) is 0. The van der Waals surface area contributed by atoms with Crippen LogP contribution in [0.15, 0.2) is 42.5 Å². The summed E-state index contributed by atoms with van der Waals surface area (Å²) in [6.45, 7) is 5.85. The molecule has 0 heterocycles. The molecule has 1 N–H and O–H groups in total. The van der Waals surface area contributed by atoms with Gasteiger partial charge in [0.15, 0.2) is 0 Å². The van der Waals surface area contributed by atoms with Gasteiger partial charge in [0.25, 0.3) is 0 Å². The Morgan fingerprint density at radius 2 is 1.63 bits per heavy atom. The summed E-state index contributed by atoms with van der Waals surface area (Å²) in [5.41, 5.74) is 3.00. The third-order valence-electron chi connectivity index (χ3n) is 3.57. The van der Waals surface area contributed by atoms with E-state index in [0.717, 1.165) is 22.4 Å². The van der Waals surface area contributed by atoms with Crippen LogP contribution in [0, 0.1) is 13.8 Å². The minimum Gasteiger partial charge on any atom is -0.497 e. The first kappa shape index (κ1) is 13.6. The molecule has 0 aliphatic heterocycles. The quantitative estimate of drug-likeness (QED) is 0.909. The zero-order chi connectivity index (χ0) is 14.0. The van der Waals surface area contributed by atoms with E-state index in [0.29, 0.717) is 0 Å². The van der Waals surface area contributed by atoms with Crippen LogP contribution in [0.3, 0.4) is 0 Å². The zero-order valence-corrected chi connectivity index (χ0v) is 11.9. The largest absolute Gasteiger partial charge is 0.497 e. The Hall–Kier alpha value is -1.80. The summed E-state index contributed by atoms with van der Waals surface area (Å²) >= 11 is 0. The molecule has 0 aliphatic carbocycles. The molecular weight excluding hydrogens is 236 g/mol. The molecule has 19 heavy (non-hydrogen) atoms. The Balaban J connectivity index is 2.46. The minimum absolute atomic E-state index is 0.806. The van der Waals surface area contributed by atoms with Gasteiger partial charge in [0.05, 0.1) is 7.11 Å². The van der Waals surface area contributed by atoms with Crippen molar-refractivity contribution >= 4 is 0 Å². The van der Waals surface area contributed by atoms with Gasteiger partial charge in [-0.3, -0.25) is 0 Å². The van der Waals surface area contributed by atoms with Crippen LogP contribution in [-0.2, 0) is 5.60 Å². The molecule has 2 heteroatoms. The fourth-order valence-corrected chi connectivity index (χ4v) is 2.34. The molecule has 0 saturated heterocycles. The fourth-order valence-electron chi connectivity index (χ4n) is 2.34. The highest BCUT2D eigenvalue weighted by Crippen LogP contribution is 2.33. The monoisotopic (exact) mass is 256 g/mol. The molecule has 2 nitrogen and oxygen atoms in total. The number of rotatable bonds is 3. The number of hydrogen-bond acceptors (Lipinski definition) is 2. The SMILES string of the molecule is COc1ccc(C(C)(O)c2ccc(C)cc2)c(C)c1. The van der Waals surface area contributed by atoms with Crippen molar-refractivity contribution in [3.63, 3.8) is 0 Å².